The van der Waals surface area contributed by atoms with Gasteiger partial charge in [-0.25, -0.2) is 0 Å². The highest BCUT2D eigenvalue weighted by molar-refractivity contribution is 5.79. The molecule has 2 amide bonds. The Hall–Kier alpha value is -2.25. The number of amides is 2. The molecule has 0 spiro atoms. The van der Waals surface area contributed by atoms with Gasteiger partial charge >= 0.3 is 6.18 Å². The Balaban J connectivity index is 1.89. The molecular weight excluding hydrogens is 337 g/mol. The first-order valence-corrected chi connectivity index (χ1v) is 8.10. The molecule has 0 aliphatic heterocycles. The van der Waals surface area contributed by atoms with Crippen LogP contribution in [0.4, 0.5) is 13.2 Å². The highest BCUT2D eigenvalue weighted by atomic mass is 19.4. The van der Waals surface area contributed by atoms with E-state index in [2.05, 4.69) is 10.6 Å². The van der Waals surface area contributed by atoms with Gasteiger partial charge in [0.2, 0.25) is 11.8 Å². The van der Waals surface area contributed by atoms with E-state index in [4.69, 9.17) is 0 Å². The van der Waals surface area contributed by atoms with Crippen molar-refractivity contribution in [2.75, 3.05) is 0 Å². The van der Waals surface area contributed by atoms with Crippen molar-refractivity contribution < 1.29 is 27.9 Å². The van der Waals surface area contributed by atoms with Gasteiger partial charge in [-0.2, -0.15) is 13.2 Å². The lowest BCUT2D eigenvalue weighted by Gasteiger charge is -2.28. The van der Waals surface area contributed by atoms with Crippen molar-refractivity contribution in [3.05, 3.63) is 29.3 Å². The van der Waals surface area contributed by atoms with Crippen LogP contribution in [0.5, 0.6) is 5.75 Å². The van der Waals surface area contributed by atoms with Crippen LogP contribution < -0.4 is 10.6 Å². The SMILES string of the molecule is CC(=O)NC1CCC(C(=O)NCc2cc(C(F)(F)F)ccc2O)CC1. The quantitative estimate of drug-likeness (QED) is 0.774. The number of benzene rings is 1. The maximum Gasteiger partial charge on any atom is 0.416 e. The number of alkyl halides is 3. The van der Waals surface area contributed by atoms with Crippen LogP contribution in [0.3, 0.4) is 0 Å². The van der Waals surface area contributed by atoms with Crippen LogP contribution in [0.25, 0.3) is 0 Å². The minimum Gasteiger partial charge on any atom is -0.508 e. The van der Waals surface area contributed by atoms with Gasteiger partial charge in [0.25, 0.3) is 0 Å². The minimum atomic E-state index is -4.51. The number of carbonyl (C=O) groups is 2. The number of aromatic hydroxyl groups is 1. The molecule has 1 aromatic carbocycles. The Morgan fingerprint density at radius 1 is 1.20 bits per heavy atom. The molecule has 0 bridgehead atoms. The van der Waals surface area contributed by atoms with Crippen LogP contribution >= 0.6 is 0 Å². The summed E-state index contributed by atoms with van der Waals surface area (Å²) in [6, 6.07) is 2.67. The molecule has 1 fully saturated rings. The topological polar surface area (TPSA) is 78.4 Å². The number of hydrogen-bond acceptors (Lipinski definition) is 3. The Morgan fingerprint density at radius 3 is 2.40 bits per heavy atom. The van der Waals surface area contributed by atoms with Crippen molar-refractivity contribution in [3.8, 4) is 5.75 Å². The maximum atomic E-state index is 12.7. The lowest BCUT2D eigenvalue weighted by molar-refractivity contribution is -0.137. The number of phenolic OH excluding ortho intramolecular Hbond substituents is 1. The van der Waals surface area contributed by atoms with E-state index in [9.17, 15) is 27.9 Å². The molecular formula is C17H21F3N2O3. The van der Waals surface area contributed by atoms with E-state index in [0.717, 1.165) is 18.2 Å². The molecule has 0 saturated heterocycles. The predicted molar refractivity (Wildman–Crippen MR) is 84.5 cm³/mol. The van der Waals surface area contributed by atoms with Crippen molar-refractivity contribution in [1.82, 2.24) is 10.6 Å². The zero-order valence-corrected chi connectivity index (χ0v) is 13.8. The van der Waals surface area contributed by atoms with Crippen molar-refractivity contribution >= 4 is 11.8 Å². The Bertz CT molecular complexity index is 639. The Kier molecular flexibility index (Phi) is 5.92. The van der Waals surface area contributed by atoms with E-state index in [1.807, 2.05) is 0 Å². The summed E-state index contributed by atoms with van der Waals surface area (Å²) in [4.78, 5) is 23.2. The zero-order valence-electron chi connectivity index (χ0n) is 13.8. The van der Waals surface area contributed by atoms with Gasteiger partial charge in [0.1, 0.15) is 5.75 Å². The zero-order chi connectivity index (χ0) is 18.6. The lowest BCUT2D eigenvalue weighted by Crippen LogP contribution is -2.40. The second-order valence-corrected chi connectivity index (χ2v) is 6.31. The van der Waals surface area contributed by atoms with Crippen LogP contribution in [-0.4, -0.2) is 23.0 Å². The number of phenols is 1. The van der Waals surface area contributed by atoms with E-state index in [0.29, 0.717) is 25.7 Å². The predicted octanol–water partition coefficient (Wildman–Crippen LogP) is 2.72. The van der Waals surface area contributed by atoms with Gasteiger partial charge < -0.3 is 15.7 Å². The molecule has 1 aromatic rings. The van der Waals surface area contributed by atoms with Gasteiger partial charge in [-0.3, -0.25) is 9.59 Å². The van der Waals surface area contributed by atoms with Gasteiger partial charge in [0.05, 0.1) is 5.56 Å². The van der Waals surface area contributed by atoms with E-state index in [1.165, 1.54) is 6.92 Å². The molecule has 25 heavy (non-hydrogen) atoms. The second kappa shape index (κ2) is 7.76. The monoisotopic (exact) mass is 358 g/mol. The third-order valence-electron chi connectivity index (χ3n) is 4.37. The first-order valence-electron chi connectivity index (χ1n) is 8.10. The van der Waals surface area contributed by atoms with Crippen LogP contribution in [0.15, 0.2) is 18.2 Å². The van der Waals surface area contributed by atoms with Crippen molar-refractivity contribution in [3.63, 3.8) is 0 Å². The smallest absolute Gasteiger partial charge is 0.416 e. The van der Waals surface area contributed by atoms with Crippen LogP contribution in [-0.2, 0) is 22.3 Å². The summed E-state index contributed by atoms with van der Waals surface area (Å²) >= 11 is 0. The average Bonchev–Trinajstić information content (AvgIpc) is 2.53. The number of hydrogen-bond donors (Lipinski definition) is 3. The molecule has 1 aliphatic rings. The maximum absolute atomic E-state index is 12.7. The van der Waals surface area contributed by atoms with E-state index >= 15 is 0 Å². The number of rotatable bonds is 4. The van der Waals surface area contributed by atoms with E-state index in [-0.39, 0.29) is 41.6 Å². The molecule has 0 radical (unpaired) electrons. The molecule has 8 heteroatoms. The first-order chi connectivity index (χ1) is 11.7. The summed E-state index contributed by atoms with van der Waals surface area (Å²) in [6.45, 7) is 1.28. The molecule has 2 rings (SSSR count). The molecule has 3 N–H and O–H groups in total. The summed E-state index contributed by atoms with van der Waals surface area (Å²) in [7, 11) is 0. The van der Waals surface area contributed by atoms with Gasteiger partial charge in [-0.05, 0) is 43.9 Å². The van der Waals surface area contributed by atoms with Crippen LogP contribution in [0, 0.1) is 5.92 Å². The molecule has 0 atom stereocenters. The minimum absolute atomic E-state index is 0.0232. The summed E-state index contributed by atoms with van der Waals surface area (Å²) in [5.74, 6) is -0.883. The van der Waals surface area contributed by atoms with Gasteiger partial charge in [0.15, 0.2) is 0 Å². The molecule has 1 aliphatic carbocycles. The highest BCUT2D eigenvalue weighted by Gasteiger charge is 2.31. The van der Waals surface area contributed by atoms with Crippen molar-refractivity contribution in [2.45, 2.75) is 51.4 Å². The molecule has 138 valence electrons. The van der Waals surface area contributed by atoms with Gasteiger partial charge in [0, 0.05) is 31.0 Å². The lowest BCUT2D eigenvalue weighted by atomic mass is 9.85. The first kappa shape index (κ1) is 19.1. The number of halogens is 3. The largest absolute Gasteiger partial charge is 0.508 e. The molecule has 0 aromatic heterocycles. The van der Waals surface area contributed by atoms with Crippen LogP contribution in [0.2, 0.25) is 0 Å². The number of carbonyl (C=O) groups excluding carboxylic acids is 2. The summed E-state index contributed by atoms with van der Waals surface area (Å²) in [6.07, 6.45) is -1.93. The third kappa shape index (κ3) is 5.37. The standard InChI is InChI=1S/C17H21F3N2O3/c1-10(23)22-14-5-2-11(3-6-14)16(25)21-9-12-8-13(17(18,19)20)4-7-15(12)24/h4,7-8,11,14,24H,2-3,5-6,9H2,1H3,(H,21,25)(H,22,23). The normalized spacial score (nSPS) is 20.8. The Labute approximate surface area is 143 Å². The molecule has 5 nitrogen and oxygen atoms in total. The summed E-state index contributed by atoms with van der Waals surface area (Å²) in [5.41, 5.74) is -0.847. The van der Waals surface area contributed by atoms with E-state index < -0.39 is 11.7 Å². The Morgan fingerprint density at radius 2 is 1.84 bits per heavy atom. The molecule has 0 unspecified atom stereocenters. The van der Waals surface area contributed by atoms with Gasteiger partial charge in [-0.15, -0.1) is 0 Å². The van der Waals surface area contributed by atoms with Crippen LogP contribution in [0.1, 0.15) is 43.7 Å². The fourth-order valence-electron chi connectivity index (χ4n) is 3.02. The second-order valence-electron chi connectivity index (χ2n) is 6.31. The van der Waals surface area contributed by atoms with Crippen molar-refractivity contribution in [1.29, 1.82) is 0 Å². The van der Waals surface area contributed by atoms with Gasteiger partial charge in [-0.1, -0.05) is 0 Å². The molecule has 0 heterocycles. The average molecular weight is 358 g/mol. The third-order valence-corrected chi connectivity index (χ3v) is 4.37. The van der Waals surface area contributed by atoms with Crippen molar-refractivity contribution in [2.24, 2.45) is 5.92 Å². The number of nitrogens with one attached hydrogen (secondary N) is 2. The summed E-state index contributed by atoms with van der Waals surface area (Å²) < 4.78 is 38.2. The van der Waals surface area contributed by atoms with E-state index in [1.54, 1.807) is 0 Å². The fourth-order valence-corrected chi connectivity index (χ4v) is 3.02. The fraction of sp³-hybridized carbons (Fsp3) is 0.529. The highest BCUT2D eigenvalue weighted by Crippen LogP contribution is 2.32. The summed E-state index contributed by atoms with van der Waals surface area (Å²) in [5, 5.41) is 15.1. The molecule has 1 saturated carbocycles.